The van der Waals surface area contributed by atoms with E-state index in [9.17, 15) is 5.11 Å². The Morgan fingerprint density at radius 1 is 1.14 bits per heavy atom. The van der Waals surface area contributed by atoms with Crippen LogP contribution in [-0.2, 0) is 0 Å². The van der Waals surface area contributed by atoms with Crippen molar-refractivity contribution in [2.24, 2.45) is 11.3 Å². The van der Waals surface area contributed by atoms with E-state index in [1.165, 1.54) is 22.3 Å². The van der Waals surface area contributed by atoms with Gasteiger partial charge in [0.15, 0.2) is 0 Å². The highest BCUT2D eigenvalue weighted by Crippen LogP contribution is 2.60. The van der Waals surface area contributed by atoms with Crippen molar-refractivity contribution in [3.05, 3.63) is 40.2 Å². The second kappa shape index (κ2) is 7.82. The monoisotopic (exact) mass is 288 g/mol. The highest BCUT2D eigenvalue weighted by Gasteiger charge is 2.54. The number of aliphatic hydroxyl groups excluding tert-OH is 1. The molecule has 0 saturated heterocycles. The maximum absolute atomic E-state index is 9.51. The molecule has 0 aliphatic heterocycles. The molecular formula is C20H32O. The van der Waals surface area contributed by atoms with Crippen LogP contribution < -0.4 is 0 Å². The van der Waals surface area contributed by atoms with Crippen LogP contribution in [0.25, 0.3) is 0 Å². The quantitative estimate of drug-likeness (QED) is 0.479. The van der Waals surface area contributed by atoms with Gasteiger partial charge in [-0.1, -0.05) is 30.2 Å². The van der Waals surface area contributed by atoms with Gasteiger partial charge in [-0.15, -0.1) is 5.73 Å². The predicted molar refractivity (Wildman–Crippen MR) is 92.2 cm³/mol. The first-order valence-electron chi connectivity index (χ1n) is 8.15. The van der Waals surface area contributed by atoms with Crippen molar-refractivity contribution >= 4 is 0 Å². The molecule has 0 spiro atoms. The number of aliphatic hydroxyl groups is 1. The molecule has 1 nitrogen and oxygen atoms in total. The largest absolute Gasteiger partial charge is 0.396 e. The minimum Gasteiger partial charge on any atom is -0.396 e. The fraction of sp³-hybridized carbons (Fsp3) is 0.650. The Hall–Kier alpha value is -1.04. The molecule has 1 aliphatic carbocycles. The van der Waals surface area contributed by atoms with Crippen LogP contribution in [0.3, 0.4) is 0 Å². The topological polar surface area (TPSA) is 20.2 Å². The molecule has 0 heterocycles. The number of allylic oxidation sites excluding steroid dienone is 4. The van der Waals surface area contributed by atoms with Crippen LogP contribution in [0.4, 0.5) is 0 Å². The third-order valence-corrected chi connectivity index (χ3v) is 4.46. The summed E-state index contributed by atoms with van der Waals surface area (Å²) in [7, 11) is 0. The van der Waals surface area contributed by atoms with E-state index in [2.05, 4.69) is 59.4 Å². The Labute approximate surface area is 131 Å². The summed E-state index contributed by atoms with van der Waals surface area (Å²) in [5.74, 6) is 0.326. The Balaban J connectivity index is 2.52. The van der Waals surface area contributed by atoms with E-state index in [0.29, 0.717) is 5.92 Å². The SMILES string of the molecule is CC(C)=C=C1[C@@H](CO)[C@]1(C)CC/C=C(\C)CCC=C(C)C. The van der Waals surface area contributed by atoms with Crippen LogP contribution in [0.5, 0.6) is 0 Å². The molecule has 1 fully saturated rings. The molecule has 0 radical (unpaired) electrons. The minimum absolute atomic E-state index is 0.169. The second-order valence-corrected chi connectivity index (χ2v) is 7.10. The van der Waals surface area contributed by atoms with Crippen LogP contribution in [-0.4, -0.2) is 11.7 Å². The van der Waals surface area contributed by atoms with Gasteiger partial charge in [-0.05, 0) is 71.4 Å². The van der Waals surface area contributed by atoms with Crippen molar-refractivity contribution in [2.45, 2.75) is 67.2 Å². The van der Waals surface area contributed by atoms with Gasteiger partial charge in [0.25, 0.3) is 0 Å². The van der Waals surface area contributed by atoms with Gasteiger partial charge in [0.05, 0.1) is 6.61 Å². The lowest BCUT2D eigenvalue weighted by Gasteiger charge is -2.07. The Morgan fingerprint density at radius 3 is 2.33 bits per heavy atom. The first-order valence-corrected chi connectivity index (χ1v) is 8.15. The van der Waals surface area contributed by atoms with Gasteiger partial charge in [0, 0.05) is 11.3 Å². The molecule has 1 aliphatic rings. The summed E-state index contributed by atoms with van der Waals surface area (Å²) in [4.78, 5) is 0. The van der Waals surface area contributed by atoms with Crippen LogP contribution in [0.1, 0.15) is 67.2 Å². The van der Waals surface area contributed by atoms with Crippen LogP contribution in [0.15, 0.2) is 40.2 Å². The lowest BCUT2D eigenvalue weighted by Crippen LogP contribution is -2.00. The van der Waals surface area contributed by atoms with Gasteiger partial charge in [-0.3, -0.25) is 0 Å². The molecule has 1 N–H and O–H groups in total. The molecule has 1 saturated carbocycles. The van der Waals surface area contributed by atoms with Gasteiger partial charge in [-0.2, -0.15) is 0 Å². The predicted octanol–water partition coefficient (Wildman–Crippen LogP) is 5.58. The van der Waals surface area contributed by atoms with Crippen molar-refractivity contribution in [3.8, 4) is 0 Å². The minimum atomic E-state index is 0.169. The highest BCUT2D eigenvalue weighted by atomic mass is 16.3. The van der Waals surface area contributed by atoms with E-state index >= 15 is 0 Å². The lowest BCUT2D eigenvalue weighted by molar-refractivity contribution is 0.250. The van der Waals surface area contributed by atoms with Crippen molar-refractivity contribution in [1.82, 2.24) is 0 Å². The summed E-state index contributed by atoms with van der Waals surface area (Å²) in [5, 5.41) is 9.51. The second-order valence-electron chi connectivity index (χ2n) is 7.10. The third kappa shape index (κ3) is 5.34. The molecule has 0 unspecified atom stereocenters. The van der Waals surface area contributed by atoms with Crippen molar-refractivity contribution in [2.75, 3.05) is 6.61 Å². The fourth-order valence-electron chi connectivity index (χ4n) is 2.98. The van der Waals surface area contributed by atoms with Gasteiger partial charge in [0.2, 0.25) is 0 Å². The molecule has 0 amide bonds. The lowest BCUT2D eigenvalue weighted by atomic mass is 9.97. The first-order chi connectivity index (χ1) is 9.81. The van der Waals surface area contributed by atoms with E-state index < -0.39 is 0 Å². The number of hydrogen-bond acceptors (Lipinski definition) is 1. The van der Waals surface area contributed by atoms with Gasteiger partial charge < -0.3 is 5.11 Å². The molecule has 0 bridgehead atoms. The zero-order valence-electron chi connectivity index (χ0n) is 14.7. The molecule has 118 valence electrons. The maximum Gasteiger partial charge on any atom is 0.0511 e. The average Bonchev–Trinajstić information content (AvgIpc) is 2.91. The summed E-state index contributed by atoms with van der Waals surface area (Å²) in [6, 6.07) is 0. The molecule has 0 aromatic carbocycles. The Kier molecular flexibility index (Phi) is 6.71. The van der Waals surface area contributed by atoms with E-state index in [-0.39, 0.29) is 12.0 Å². The summed E-state index contributed by atoms with van der Waals surface area (Å²) in [6.07, 6.45) is 9.19. The van der Waals surface area contributed by atoms with Gasteiger partial charge in [-0.25, -0.2) is 0 Å². The average molecular weight is 288 g/mol. The van der Waals surface area contributed by atoms with Crippen molar-refractivity contribution in [1.29, 1.82) is 0 Å². The number of hydrogen-bond donors (Lipinski definition) is 1. The highest BCUT2D eigenvalue weighted by molar-refractivity contribution is 5.37. The van der Waals surface area contributed by atoms with E-state index in [4.69, 9.17) is 0 Å². The van der Waals surface area contributed by atoms with Crippen molar-refractivity contribution in [3.63, 3.8) is 0 Å². The standard InChI is InChI=1S/C20H32O/c1-15(2)9-7-10-17(5)11-8-12-20(6)18(13-16(3)4)19(20)14-21/h9,11,19,21H,7-8,10,12,14H2,1-6H3/b17-11+/t19-,20-/m1/s1. The molecule has 0 aromatic rings. The third-order valence-electron chi connectivity index (χ3n) is 4.46. The smallest absolute Gasteiger partial charge is 0.0511 e. The van der Waals surface area contributed by atoms with Crippen LogP contribution >= 0.6 is 0 Å². The van der Waals surface area contributed by atoms with Gasteiger partial charge in [0.1, 0.15) is 0 Å². The summed E-state index contributed by atoms with van der Waals surface area (Å²) in [5.41, 5.74) is 9.01. The molecule has 1 heteroatoms. The Bertz CT molecular complexity index is 478. The molecular weight excluding hydrogens is 256 g/mol. The zero-order chi connectivity index (χ0) is 16.0. The molecule has 0 aromatic heterocycles. The number of rotatable bonds is 7. The van der Waals surface area contributed by atoms with Crippen molar-refractivity contribution < 1.29 is 5.11 Å². The zero-order valence-corrected chi connectivity index (χ0v) is 14.7. The summed E-state index contributed by atoms with van der Waals surface area (Å²) >= 11 is 0. The molecule has 1 rings (SSSR count). The first kappa shape index (κ1) is 18.0. The van der Waals surface area contributed by atoms with E-state index in [0.717, 1.165) is 25.7 Å². The van der Waals surface area contributed by atoms with E-state index in [1.54, 1.807) is 0 Å². The van der Waals surface area contributed by atoms with E-state index in [1.807, 2.05) is 0 Å². The molecule has 2 atom stereocenters. The maximum atomic E-state index is 9.51. The van der Waals surface area contributed by atoms with Gasteiger partial charge >= 0.3 is 0 Å². The Morgan fingerprint density at radius 2 is 1.81 bits per heavy atom. The van der Waals surface area contributed by atoms with Crippen LogP contribution in [0.2, 0.25) is 0 Å². The summed E-state index contributed by atoms with van der Waals surface area (Å²) in [6.45, 7) is 13.2. The fourth-order valence-corrected chi connectivity index (χ4v) is 2.98. The normalized spacial score (nSPS) is 24.6. The molecule has 21 heavy (non-hydrogen) atoms. The summed E-state index contributed by atoms with van der Waals surface area (Å²) < 4.78 is 0. The van der Waals surface area contributed by atoms with Crippen LogP contribution in [0, 0.1) is 11.3 Å².